The minimum Gasteiger partial charge on any atom is -0.446 e. The Kier molecular flexibility index (Phi) is 9.93. The normalized spacial score (nSPS) is 20.8. The van der Waals surface area contributed by atoms with Crippen LogP contribution in [0.25, 0.3) is 0 Å². The zero-order chi connectivity index (χ0) is 32.5. The van der Waals surface area contributed by atoms with Crippen molar-refractivity contribution in [3.8, 4) is 0 Å². The predicted molar refractivity (Wildman–Crippen MR) is 161 cm³/mol. The molecule has 8 nitrogen and oxygen atoms in total. The van der Waals surface area contributed by atoms with Crippen LogP contribution in [-0.4, -0.2) is 91.1 Å². The van der Waals surface area contributed by atoms with Crippen molar-refractivity contribution in [1.82, 2.24) is 14.7 Å². The van der Waals surface area contributed by atoms with Crippen molar-refractivity contribution in [1.29, 1.82) is 0 Å². The molecule has 2 unspecified atom stereocenters. The van der Waals surface area contributed by atoms with E-state index < -0.39 is 29.6 Å². The standard InChI is InChI=1S/C32H37ClF4N4O4/c1-20-4-6-25(15-28(20)33)41(31(44)45-26-8-12-39(13-9-26)21(2)42)11-3-10-38-16-23-18-40(19-24(23)17-38)30(43)22-5-7-27(29(34)14-22)32(35,36)37/h4-7,14-15,23-24,26H,3,8-13,16-19H2,1-2H3. The van der Waals surface area contributed by atoms with E-state index in [2.05, 4.69) is 4.90 Å². The first-order valence-electron chi connectivity index (χ1n) is 15.2. The second-order valence-corrected chi connectivity index (χ2v) is 12.6. The summed E-state index contributed by atoms with van der Waals surface area (Å²) in [6.07, 6.45) is -3.73. The largest absolute Gasteiger partial charge is 0.446 e. The molecule has 2 atom stereocenters. The van der Waals surface area contributed by atoms with Crippen LogP contribution in [0.1, 0.15) is 47.7 Å². The number of amides is 3. The summed E-state index contributed by atoms with van der Waals surface area (Å²) >= 11 is 6.38. The van der Waals surface area contributed by atoms with Gasteiger partial charge in [-0.1, -0.05) is 17.7 Å². The van der Waals surface area contributed by atoms with Crippen LogP contribution in [0, 0.1) is 24.6 Å². The molecule has 0 bridgehead atoms. The van der Waals surface area contributed by atoms with E-state index in [1.165, 1.54) is 6.92 Å². The number of aryl methyl sites for hydroxylation is 1. The maximum atomic E-state index is 14.1. The fraction of sp³-hybridized carbons (Fsp3) is 0.531. The Balaban J connectivity index is 1.14. The number of likely N-dealkylation sites (tertiary alicyclic amines) is 3. The molecule has 5 rings (SSSR count). The molecule has 3 heterocycles. The van der Waals surface area contributed by atoms with E-state index in [-0.39, 0.29) is 29.4 Å². The Hall–Kier alpha value is -3.38. The van der Waals surface area contributed by atoms with Gasteiger partial charge < -0.3 is 19.4 Å². The molecule has 0 aromatic heterocycles. The number of alkyl halides is 3. The fourth-order valence-corrected chi connectivity index (χ4v) is 6.70. The van der Waals surface area contributed by atoms with Crippen LogP contribution in [0.4, 0.5) is 28.0 Å². The predicted octanol–water partition coefficient (Wildman–Crippen LogP) is 5.85. The van der Waals surface area contributed by atoms with Gasteiger partial charge in [-0.3, -0.25) is 14.5 Å². The van der Waals surface area contributed by atoms with E-state index in [1.54, 1.807) is 20.8 Å². The van der Waals surface area contributed by atoms with Gasteiger partial charge in [0.2, 0.25) is 5.91 Å². The number of benzene rings is 2. The number of rotatable bonds is 7. The lowest BCUT2D eigenvalue weighted by Gasteiger charge is -2.32. The lowest BCUT2D eigenvalue weighted by Crippen LogP contribution is -2.43. The Labute approximate surface area is 264 Å². The number of ether oxygens (including phenoxy) is 1. The number of halogens is 5. The molecular weight excluding hydrogens is 616 g/mol. The third kappa shape index (κ3) is 7.71. The number of hydrogen-bond acceptors (Lipinski definition) is 5. The van der Waals surface area contributed by atoms with E-state index in [9.17, 15) is 31.9 Å². The molecule has 244 valence electrons. The topological polar surface area (TPSA) is 73.4 Å². The quantitative estimate of drug-likeness (QED) is 0.351. The van der Waals surface area contributed by atoms with Crippen molar-refractivity contribution >= 4 is 35.2 Å². The van der Waals surface area contributed by atoms with Crippen LogP contribution >= 0.6 is 11.6 Å². The minimum absolute atomic E-state index is 0.00982. The number of fused-ring (bicyclic) bond motifs is 1. The second-order valence-electron chi connectivity index (χ2n) is 12.2. The number of piperidine rings is 1. The third-order valence-electron chi connectivity index (χ3n) is 9.07. The summed E-state index contributed by atoms with van der Waals surface area (Å²) in [5.41, 5.74) is 0.0547. The van der Waals surface area contributed by atoms with E-state index >= 15 is 0 Å². The van der Waals surface area contributed by atoms with Crippen molar-refractivity contribution < 1.29 is 36.7 Å². The van der Waals surface area contributed by atoms with Gasteiger partial charge in [0, 0.05) is 81.9 Å². The molecule has 3 aliphatic heterocycles. The summed E-state index contributed by atoms with van der Waals surface area (Å²) in [6, 6.07) is 7.76. The summed E-state index contributed by atoms with van der Waals surface area (Å²) in [6.45, 7) is 8.01. The molecule has 0 radical (unpaired) electrons. The van der Waals surface area contributed by atoms with Crippen molar-refractivity contribution in [2.75, 3.05) is 57.3 Å². The number of nitrogens with zero attached hydrogens (tertiary/aromatic N) is 4. The molecule has 3 fully saturated rings. The highest BCUT2D eigenvalue weighted by atomic mass is 35.5. The van der Waals surface area contributed by atoms with Crippen molar-refractivity contribution in [2.45, 2.75) is 45.4 Å². The highest BCUT2D eigenvalue weighted by molar-refractivity contribution is 6.31. The Morgan fingerprint density at radius 1 is 0.978 bits per heavy atom. The number of carbonyl (C=O) groups excluding carboxylic acids is 3. The van der Waals surface area contributed by atoms with Crippen LogP contribution in [-0.2, 0) is 15.7 Å². The number of anilines is 1. The summed E-state index contributed by atoms with van der Waals surface area (Å²) in [5, 5.41) is 0.547. The second kappa shape index (κ2) is 13.5. The van der Waals surface area contributed by atoms with E-state index in [0.29, 0.717) is 81.4 Å². The Morgan fingerprint density at radius 3 is 2.22 bits per heavy atom. The molecule has 0 N–H and O–H groups in total. The van der Waals surface area contributed by atoms with Gasteiger partial charge in [0.05, 0.1) is 5.56 Å². The van der Waals surface area contributed by atoms with Gasteiger partial charge in [0.25, 0.3) is 5.91 Å². The zero-order valence-corrected chi connectivity index (χ0v) is 26.0. The molecule has 0 aliphatic carbocycles. The van der Waals surface area contributed by atoms with Crippen LogP contribution in [0.15, 0.2) is 36.4 Å². The van der Waals surface area contributed by atoms with E-state index in [1.807, 2.05) is 19.1 Å². The maximum Gasteiger partial charge on any atom is 0.419 e. The average Bonchev–Trinajstić information content (AvgIpc) is 3.55. The first-order chi connectivity index (χ1) is 21.3. The average molecular weight is 653 g/mol. The highest BCUT2D eigenvalue weighted by Gasteiger charge is 2.42. The van der Waals surface area contributed by atoms with Crippen LogP contribution in [0.2, 0.25) is 5.02 Å². The van der Waals surface area contributed by atoms with Crippen molar-refractivity contribution in [3.05, 3.63) is 63.9 Å². The molecule has 3 saturated heterocycles. The molecular formula is C32H37ClF4N4O4. The van der Waals surface area contributed by atoms with Gasteiger partial charge in [-0.05, 0) is 67.6 Å². The van der Waals surface area contributed by atoms with Gasteiger partial charge in [-0.15, -0.1) is 0 Å². The van der Waals surface area contributed by atoms with Gasteiger partial charge in [-0.2, -0.15) is 13.2 Å². The molecule has 3 amide bonds. The van der Waals surface area contributed by atoms with Gasteiger partial charge in [0.15, 0.2) is 0 Å². The molecule has 0 spiro atoms. The lowest BCUT2D eigenvalue weighted by atomic mass is 10.0. The third-order valence-corrected chi connectivity index (χ3v) is 9.48. The van der Waals surface area contributed by atoms with Crippen LogP contribution in [0.3, 0.4) is 0 Å². The number of carbonyl (C=O) groups is 3. The summed E-state index contributed by atoms with van der Waals surface area (Å²) in [4.78, 5) is 45.2. The monoisotopic (exact) mass is 652 g/mol. The Bertz CT molecular complexity index is 1420. The molecule has 2 aromatic carbocycles. The Morgan fingerprint density at radius 2 is 1.64 bits per heavy atom. The smallest absolute Gasteiger partial charge is 0.419 e. The van der Waals surface area contributed by atoms with Crippen LogP contribution < -0.4 is 4.90 Å². The maximum absolute atomic E-state index is 14.1. The molecule has 13 heteroatoms. The first-order valence-corrected chi connectivity index (χ1v) is 15.6. The van der Waals surface area contributed by atoms with Crippen molar-refractivity contribution in [2.24, 2.45) is 11.8 Å². The molecule has 3 aliphatic rings. The van der Waals surface area contributed by atoms with E-state index in [4.69, 9.17) is 16.3 Å². The van der Waals surface area contributed by atoms with E-state index in [0.717, 1.165) is 24.7 Å². The summed E-state index contributed by atoms with van der Waals surface area (Å²) in [5.74, 6) is -1.52. The fourth-order valence-electron chi connectivity index (χ4n) is 6.52. The molecule has 2 aromatic rings. The molecule has 45 heavy (non-hydrogen) atoms. The summed E-state index contributed by atoms with van der Waals surface area (Å²) < 4.78 is 58.7. The van der Waals surface area contributed by atoms with Crippen LogP contribution in [0.5, 0.6) is 0 Å². The van der Waals surface area contributed by atoms with Gasteiger partial charge in [-0.25, -0.2) is 9.18 Å². The summed E-state index contributed by atoms with van der Waals surface area (Å²) in [7, 11) is 0. The number of hydrogen-bond donors (Lipinski definition) is 0. The SMILES string of the molecule is CC(=O)N1CCC(OC(=O)N(CCCN2CC3CN(C(=O)c4ccc(C(F)(F)F)c(F)c4)CC3C2)c2ccc(C)c(Cl)c2)CC1. The zero-order valence-electron chi connectivity index (χ0n) is 25.3. The van der Waals surface area contributed by atoms with Gasteiger partial charge >= 0.3 is 12.3 Å². The first kappa shape index (κ1) is 33.0. The minimum atomic E-state index is -4.82. The van der Waals surface area contributed by atoms with Crippen molar-refractivity contribution in [3.63, 3.8) is 0 Å². The van der Waals surface area contributed by atoms with Gasteiger partial charge in [0.1, 0.15) is 11.9 Å². The molecule has 0 saturated carbocycles. The highest BCUT2D eigenvalue weighted by Crippen LogP contribution is 2.34. The lowest BCUT2D eigenvalue weighted by molar-refractivity contribution is -0.140.